The van der Waals surface area contributed by atoms with Gasteiger partial charge in [-0.1, -0.05) is 12.1 Å². The summed E-state index contributed by atoms with van der Waals surface area (Å²) in [6.45, 7) is 0.760. The average molecular weight is 283 g/mol. The Hall–Kier alpha value is -2.43. The summed E-state index contributed by atoms with van der Waals surface area (Å²) in [5, 5.41) is 0. The van der Waals surface area contributed by atoms with Crippen LogP contribution in [0, 0.1) is 0 Å². The SMILES string of the molecule is COc1cccc(C2CCCN2C(=O)c2cncnc2)c1. The maximum absolute atomic E-state index is 12.6. The molecule has 1 unspecified atom stereocenters. The van der Waals surface area contributed by atoms with Crippen molar-refractivity contribution in [3.8, 4) is 5.75 Å². The molecule has 21 heavy (non-hydrogen) atoms. The lowest BCUT2D eigenvalue weighted by Gasteiger charge is -2.25. The molecule has 1 fully saturated rings. The Morgan fingerprint density at radius 1 is 1.33 bits per heavy atom. The van der Waals surface area contributed by atoms with E-state index in [0.717, 1.165) is 30.7 Å². The summed E-state index contributed by atoms with van der Waals surface area (Å²) in [6.07, 6.45) is 6.53. The van der Waals surface area contributed by atoms with Gasteiger partial charge >= 0.3 is 0 Å². The van der Waals surface area contributed by atoms with Crippen LogP contribution in [0.25, 0.3) is 0 Å². The Bertz CT molecular complexity index is 630. The number of carbonyl (C=O) groups excluding carboxylic acids is 1. The number of ether oxygens (including phenoxy) is 1. The van der Waals surface area contributed by atoms with Gasteiger partial charge in [0.25, 0.3) is 5.91 Å². The number of hydrogen-bond donors (Lipinski definition) is 0. The molecule has 0 bridgehead atoms. The zero-order valence-corrected chi connectivity index (χ0v) is 11.9. The molecule has 1 amide bonds. The van der Waals surface area contributed by atoms with E-state index >= 15 is 0 Å². The summed E-state index contributed by atoms with van der Waals surface area (Å²) in [5.74, 6) is 0.802. The zero-order valence-electron chi connectivity index (χ0n) is 11.9. The molecule has 0 saturated carbocycles. The monoisotopic (exact) mass is 283 g/mol. The number of likely N-dealkylation sites (tertiary alicyclic amines) is 1. The molecule has 1 aliphatic heterocycles. The van der Waals surface area contributed by atoms with Gasteiger partial charge in [0.05, 0.1) is 18.7 Å². The van der Waals surface area contributed by atoms with E-state index in [0.29, 0.717) is 5.56 Å². The molecule has 108 valence electrons. The van der Waals surface area contributed by atoms with Gasteiger partial charge in [0, 0.05) is 18.9 Å². The Morgan fingerprint density at radius 3 is 2.90 bits per heavy atom. The Kier molecular flexibility index (Phi) is 3.81. The first-order valence-corrected chi connectivity index (χ1v) is 6.99. The second-order valence-corrected chi connectivity index (χ2v) is 5.06. The summed E-state index contributed by atoms with van der Waals surface area (Å²) in [6, 6.07) is 8.00. The Labute approximate surface area is 123 Å². The minimum Gasteiger partial charge on any atom is -0.497 e. The van der Waals surface area contributed by atoms with Crippen molar-refractivity contribution >= 4 is 5.91 Å². The lowest BCUT2D eigenvalue weighted by Crippen LogP contribution is -2.30. The minimum atomic E-state index is -0.0130. The Morgan fingerprint density at radius 2 is 2.14 bits per heavy atom. The van der Waals surface area contributed by atoms with E-state index in [-0.39, 0.29) is 11.9 Å². The molecule has 3 rings (SSSR count). The van der Waals surface area contributed by atoms with Gasteiger partial charge in [-0.15, -0.1) is 0 Å². The van der Waals surface area contributed by atoms with Crippen LogP contribution in [0.4, 0.5) is 0 Å². The van der Waals surface area contributed by atoms with E-state index in [1.54, 1.807) is 19.5 Å². The van der Waals surface area contributed by atoms with Crippen molar-refractivity contribution < 1.29 is 9.53 Å². The highest BCUT2D eigenvalue weighted by molar-refractivity contribution is 5.94. The first-order valence-electron chi connectivity index (χ1n) is 6.99. The van der Waals surface area contributed by atoms with Gasteiger partial charge in [0.1, 0.15) is 12.1 Å². The van der Waals surface area contributed by atoms with Crippen molar-refractivity contribution in [3.05, 3.63) is 54.1 Å². The Balaban J connectivity index is 1.87. The molecule has 1 atom stereocenters. The maximum atomic E-state index is 12.6. The van der Waals surface area contributed by atoms with Crippen molar-refractivity contribution in [3.63, 3.8) is 0 Å². The lowest BCUT2D eigenvalue weighted by molar-refractivity contribution is 0.0734. The third kappa shape index (κ3) is 2.72. The van der Waals surface area contributed by atoms with Gasteiger partial charge in [-0.05, 0) is 30.5 Å². The number of rotatable bonds is 3. The molecule has 2 aromatic rings. The summed E-state index contributed by atoms with van der Waals surface area (Å²) >= 11 is 0. The van der Waals surface area contributed by atoms with Crippen molar-refractivity contribution in [2.45, 2.75) is 18.9 Å². The average Bonchev–Trinajstić information content (AvgIpc) is 3.04. The number of amides is 1. The maximum Gasteiger partial charge on any atom is 0.257 e. The topological polar surface area (TPSA) is 55.3 Å². The first-order chi connectivity index (χ1) is 10.3. The van der Waals surface area contributed by atoms with Gasteiger partial charge in [-0.3, -0.25) is 4.79 Å². The van der Waals surface area contributed by atoms with Crippen molar-refractivity contribution in [2.75, 3.05) is 13.7 Å². The molecule has 0 spiro atoms. The molecule has 1 saturated heterocycles. The number of carbonyl (C=O) groups is 1. The van der Waals surface area contributed by atoms with Gasteiger partial charge in [-0.25, -0.2) is 9.97 Å². The highest BCUT2D eigenvalue weighted by Gasteiger charge is 2.30. The summed E-state index contributed by atoms with van der Waals surface area (Å²) in [4.78, 5) is 22.3. The second-order valence-electron chi connectivity index (χ2n) is 5.06. The molecule has 2 heterocycles. The molecule has 5 heteroatoms. The minimum absolute atomic E-state index is 0.0130. The van der Waals surface area contributed by atoms with E-state index in [9.17, 15) is 4.79 Å². The zero-order chi connectivity index (χ0) is 14.7. The lowest BCUT2D eigenvalue weighted by atomic mass is 10.0. The van der Waals surface area contributed by atoms with Crippen LogP contribution in [0.3, 0.4) is 0 Å². The van der Waals surface area contributed by atoms with E-state index in [4.69, 9.17) is 4.74 Å². The smallest absolute Gasteiger partial charge is 0.257 e. The summed E-state index contributed by atoms with van der Waals surface area (Å²) in [7, 11) is 1.65. The molecule has 0 aliphatic carbocycles. The molecule has 5 nitrogen and oxygen atoms in total. The number of benzene rings is 1. The van der Waals surface area contributed by atoms with Crippen LogP contribution < -0.4 is 4.74 Å². The van der Waals surface area contributed by atoms with Gasteiger partial charge in [-0.2, -0.15) is 0 Å². The van der Waals surface area contributed by atoms with Gasteiger partial charge in [0.15, 0.2) is 0 Å². The van der Waals surface area contributed by atoms with Crippen LogP contribution in [-0.2, 0) is 0 Å². The molecule has 1 aromatic heterocycles. The summed E-state index contributed by atoms with van der Waals surface area (Å²) in [5.41, 5.74) is 1.64. The second kappa shape index (κ2) is 5.91. The highest BCUT2D eigenvalue weighted by atomic mass is 16.5. The predicted octanol–water partition coefficient (Wildman–Crippen LogP) is 2.46. The fraction of sp³-hybridized carbons (Fsp3) is 0.312. The third-order valence-electron chi connectivity index (χ3n) is 3.80. The normalized spacial score (nSPS) is 17.8. The number of methoxy groups -OCH3 is 1. The van der Waals surface area contributed by atoms with Crippen LogP contribution in [0.5, 0.6) is 5.75 Å². The molecule has 1 aromatic carbocycles. The van der Waals surface area contributed by atoms with Crippen molar-refractivity contribution in [2.24, 2.45) is 0 Å². The molecule has 0 N–H and O–H groups in total. The van der Waals surface area contributed by atoms with Crippen molar-refractivity contribution in [1.82, 2.24) is 14.9 Å². The van der Waals surface area contributed by atoms with Crippen molar-refractivity contribution in [1.29, 1.82) is 0 Å². The standard InChI is InChI=1S/C16H17N3O2/c1-21-14-5-2-4-12(8-14)15-6-3-7-19(15)16(20)13-9-17-11-18-10-13/h2,4-5,8-11,15H,3,6-7H2,1H3. The van der Waals surface area contributed by atoms with E-state index in [2.05, 4.69) is 9.97 Å². The molecule has 0 radical (unpaired) electrons. The summed E-state index contributed by atoms with van der Waals surface area (Å²) < 4.78 is 5.27. The number of aromatic nitrogens is 2. The van der Waals surface area contributed by atoms with Crippen LogP contribution in [0.15, 0.2) is 43.0 Å². The predicted molar refractivity (Wildman–Crippen MR) is 78.0 cm³/mol. The fourth-order valence-electron chi connectivity index (χ4n) is 2.78. The molecular weight excluding hydrogens is 266 g/mol. The number of nitrogens with zero attached hydrogens (tertiary/aromatic N) is 3. The van der Waals surface area contributed by atoms with Crippen LogP contribution in [-0.4, -0.2) is 34.4 Å². The van der Waals surface area contributed by atoms with Crippen LogP contribution >= 0.6 is 0 Å². The van der Waals surface area contributed by atoms with E-state index < -0.39 is 0 Å². The quantitative estimate of drug-likeness (QED) is 0.868. The molecule has 1 aliphatic rings. The first kappa shape index (κ1) is 13.5. The molecular formula is C16H17N3O2. The number of hydrogen-bond acceptors (Lipinski definition) is 4. The van der Waals surface area contributed by atoms with Gasteiger partial charge < -0.3 is 9.64 Å². The van der Waals surface area contributed by atoms with Crippen LogP contribution in [0.2, 0.25) is 0 Å². The van der Waals surface area contributed by atoms with E-state index in [1.807, 2.05) is 29.2 Å². The van der Waals surface area contributed by atoms with Crippen LogP contribution in [0.1, 0.15) is 34.8 Å². The third-order valence-corrected chi connectivity index (χ3v) is 3.80. The van der Waals surface area contributed by atoms with E-state index in [1.165, 1.54) is 6.33 Å². The largest absolute Gasteiger partial charge is 0.497 e. The fourth-order valence-corrected chi connectivity index (χ4v) is 2.78. The highest BCUT2D eigenvalue weighted by Crippen LogP contribution is 2.34. The van der Waals surface area contributed by atoms with Gasteiger partial charge in [0.2, 0.25) is 0 Å².